The molecule has 0 aliphatic carbocycles. The number of rotatable bonds is 7. The summed E-state index contributed by atoms with van der Waals surface area (Å²) in [5.41, 5.74) is 0.300. The van der Waals surface area contributed by atoms with Crippen LogP contribution in [0.25, 0.3) is 0 Å². The van der Waals surface area contributed by atoms with Gasteiger partial charge < -0.3 is 15.2 Å². The van der Waals surface area contributed by atoms with Gasteiger partial charge in [0, 0.05) is 13.2 Å². The van der Waals surface area contributed by atoms with Gasteiger partial charge in [-0.3, -0.25) is 9.52 Å². The van der Waals surface area contributed by atoms with Crippen LogP contribution in [0.4, 0.5) is 5.69 Å². The van der Waals surface area contributed by atoms with Crippen molar-refractivity contribution in [3.05, 3.63) is 59.7 Å². The molecule has 1 saturated heterocycles. The summed E-state index contributed by atoms with van der Waals surface area (Å²) in [5, 5.41) is 11.7. The lowest BCUT2D eigenvalue weighted by molar-refractivity contribution is 0.0696. The molecule has 0 saturated carbocycles. The van der Waals surface area contributed by atoms with Crippen LogP contribution in [0.15, 0.2) is 53.4 Å². The molecule has 1 unspecified atom stereocenters. The van der Waals surface area contributed by atoms with E-state index in [1.807, 2.05) is 0 Å². The first-order valence-electron chi connectivity index (χ1n) is 8.72. The predicted molar refractivity (Wildman–Crippen MR) is 102 cm³/mol. The van der Waals surface area contributed by atoms with E-state index in [1.165, 1.54) is 36.4 Å². The molecule has 1 atom stereocenters. The summed E-state index contributed by atoms with van der Waals surface area (Å²) >= 11 is 0. The molecule has 3 rings (SSSR count). The lowest BCUT2D eigenvalue weighted by atomic mass is 10.1. The Morgan fingerprint density at radius 3 is 2.46 bits per heavy atom. The average molecular weight is 404 g/mol. The van der Waals surface area contributed by atoms with Gasteiger partial charge in [-0.1, -0.05) is 12.1 Å². The van der Waals surface area contributed by atoms with Gasteiger partial charge in [0.25, 0.3) is 15.9 Å². The van der Waals surface area contributed by atoms with Crippen molar-refractivity contribution in [2.45, 2.75) is 23.8 Å². The Kier molecular flexibility index (Phi) is 5.96. The van der Waals surface area contributed by atoms with Crippen LogP contribution in [0, 0.1) is 0 Å². The Hall–Kier alpha value is -2.91. The molecule has 2 aromatic rings. The number of anilines is 1. The molecular weight excluding hydrogens is 384 g/mol. The first kappa shape index (κ1) is 19.8. The Bertz CT molecular complexity index is 966. The van der Waals surface area contributed by atoms with Gasteiger partial charge in [0.15, 0.2) is 0 Å². The third-order valence-corrected chi connectivity index (χ3v) is 5.72. The number of benzene rings is 2. The maximum atomic E-state index is 12.6. The zero-order valence-electron chi connectivity index (χ0n) is 14.9. The molecule has 0 spiro atoms. The van der Waals surface area contributed by atoms with Gasteiger partial charge in [0.1, 0.15) is 0 Å². The van der Waals surface area contributed by atoms with Crippen molar-refractivity contribution >= 4 is 27.6 Å². The van der Waals surface area contributed by atoms with E-state index in [4.69, 9.17) is 9.84 Å². The number of sulfonamides is 1. The third-order valence-electron chi connectivity index (χ3n) is 4.34. The summed E-state index contributed by atoms with van der Waals surface area (Å²) < 4.78 is 33.1. The highest BCUT2D eigenvalue weighted by molar-refractivity contribution is 7.92. The summed E-state index contributed by atoms with van der Waals surface area (Å²) in [6, 6.07) is 11.1. The van der Waals surface area contributed by atoms with E-state index in [1.54, 1.807) is 12.1 Å². The Morgan fingerprint density at radius 1 is 1.11 bits per heavy atom. The van der Waals surface area contributed by atoms with E-state index in [0.717, 1.165) is 12.8 Å². The fourth-order valence-corrected chi connectivity index (χ4v) is 3.94. The van der Waals surface area contributed by atoms with Crippen molar-refractivity contribution in [1.29, 1.82) is 0 Å². The maximum Gasteiger partial charge on any atom is 0.335 e. The third kappa shape index (κ3) is 4.68. The van der Waals surface area contributed by atoms with E-state index < -0.39 is 21.9 Å². The van der Waals surface area contributed by atoms with Crippen molar-refractivity contribution < 1.29 is 27.9 Å². The van der Waals surface area contributed by atoms with Crippen molar-refractivity contribution in [3.63, 3.8) is 0 Å². The fraction of sp³-hybridized carbons (Fsp3) is 0.263. The zero-order valence-corrected chi connectivity index (χ0v) is 15.7. The lowest BCUT2D eigenvalue weighted by Crippen LogP contribution is -2.32. The number of hydrogen-bond acceptors (Lipinski definition) is 5. The normalized spacial score (nSPS) is 16.5. The van der Waals surface area contributed by atoms with E-state index >= 15 is 0 Å². The number of carbonyl (C=O) groups excluding carboxylic acids is 1. The minimum atomic E-state index is -3.99. The van der Waals surface area contributed by atoms with Crippen LogP contribution < -0.4 is 10.0 Å². The fourth-order valence-electron chi connectivity index (χ4n) is 2.86. The van der Waals surface area contributed by atoms with Gasteiger partial charge in [-0.2, -0.15) is 0 Å². The van der Waals surface area contributed by atoms with E-state index in [-0.39, 0.29) is 27.8 Å². The number of ether oxygens (including phenoxy) is 1. The topological polar surface area (TPSA) is 122 Å². The smallest absolute Gasteiger partial charge is 0.335 e. The molecule has 3 N–H and O–H groups in total. The van der Waals surface area contributed by atoms with Gasteiger partial charge in [-0.25, -0.2) is 13.2 Å². The van der Waals surface area contributed by atoms with Gasteiger partial charge in [-0.15, -0.1) is 0 Å². The molecule has 1 fully saturated rings. The number of carboxylic acids is 1. The van der Waals surface area contributed by atoms with Crippen molar-refractivity contribution in [2.24, 2.45) is 0 Å². The zero-order chi connectivity index (χ0) is 20.1. The number of aromatic carboxylic acids is 1. The second kappa shape index (κ2) is 8.41. The standard InChI is InChI=1S/C19H20N2O6S/c22-18(20-12-14-4-3-11-27-14)16-5-1-2-6-17(16)21-28(25,26)15-9-7-13(8-10-15)19(23)24/h1-2,5-10,14,21H,3-4,11-12H2,(H,20,22)(H,23,24). The second-order valence-electron chi connectivity index (χ2n) is 6.33. The first-order valence-corrected chi connectivity index (χ1v) is 10.2. The molecule has 1 heterocycles. The molecular formula is C19H20N2O6S. The molecule has 0 aromatic heterocycles. The highest BCUT2D eigenvalue weighted by Gasteiger charge is 2.21. The van der Waals surface area contributed by atoms with Crippen LogP contribution in [0.5, 0.6) is 0 Å². The number of amides is 1. The molecule has 2 aromatic carbocycles. The largest absolute Gasteiger partial charge is 0.478 e. The molecule has 9 heteroatoms. The van der Waals surface area contributed by atoms with Gasteiger partial charge in [-0.05, 0) is 49.2 Å². The molecule has 148 valence electrons. The Morgan fingerprint density at radius 2 is 1.82 bits per heavy atom. The van der Waals surface area contributed by atoms with E-state index in [9.17, 15) is 18.0 Å². The molecule has 1 aliphatic rings. The predicted octanol–water partition coefficient (Wildman–Crippen LogP) is 2.09. The minimum absolute atomic E-state index is 0.0205. The average Bonchev–Trinajstić information content (AvgIpc) is 3.20. The van der Waals surface area contributed by atoms with Crippen LogP contribution in [-0.4, -0.2) is 44.7 Å². The second-order valence-corrected chi connectivity index (χ2v) is 8.01. The van der Waals surface area contributed by atoms with Crippen LogP contribution in [0.3, 0.4) is 0 Å². The Labute approximate surface area is 162 Å². The summed E-state index contributed by atoms with van der Waals surface area (Å²) in [5.74, 6) is -1.56. The summed E-state index contributed by atoms with van der Waals surface area (Å²) in [6.45, 7) is 1.04. The summed E-state index contributed by atoms with van der Waals surface area (Å²) in [7, 11) is -3.99. The van der Waals surface area contributed by atoms with Gasteiger partial charge in [0.2, 0.25) is 0 Å². The summed E-state index contributed by atoms with van der Waals surface area (Å²) in [4.78, 5) is 23.3. The van der Waals surface area contributed by atoms with Gasteiger partial charge in [0.05, 0.1) is 27.8 Å². The molecule has 1 amide bonds. The van der Waals surface area contributed by atoms with E-state index in [2.05, 4.69) is 10.0 Å². The maximum absolute atomic E-state index is 12.6. The summed E-state index contributed by atoms with van der Waals surface area (Å²) in [6.07, 6.45) is 1.80. The number of nitrogens with one attached hydrogen (secondary N) is 2. The van der Waals surface area contributed by atoms with Crippen molar-refractivity contribution in [2.75, 3.05) is 17.9 Å². The lowest BCUT2D eigenvalue weighted by Gasteiger charge is -2.14. The number of carboxylic acid groups (broad SMARTS) is 1. The van der Waals surface area contributed by atoms with Crippen LogP contribution >= 0.6 is 0 Å². The monoisotopic (exact) mass is 404 g/mol. The van der Waals surface area contributed by atoms with Crippen LogP contribution in [0.2, 0.25) is 0 Å². The van der Waals surface area contributed by atoms with E-state index in [0.29, 0.717) is 13.2 Å². The number of carbonyl (C=O) groups is 2. The van der Waals surface area contributed by atoms with Crippen LogP contribution in [-0.2, 0) is 14.8 Å². The minimum Gasteiger partial charge on any atom is -0.478 e. The molecule has 0 radical (unpaired) electrons. The molecule has 8 nitrogen and oxygen atoms in total. The highest BCUT2D eigenvalue weighted by Crippen LogP contribution is 2.21. The molecule has 1 aliphatic heterocycles. The van der Waals surface area contributed by atoms with Crippen molar-refractivity contribution in [3.8, 4) is 0 Å². The van der Waals surface area contributed by atoms with Crippen LogP contribution in [0.1, 0.15) is 33.6 Å². The first-order chi connectivity index (χ1) is 13.4. The number of para-hydroxylation sites is 1. The van der Waals surface area contributed by atoms with Crippen molar-refractivity contribution in [1.82, 2.24) is 5.32 Å². The number of hydrogen-bond donors (Lipinski definition) is 3. The molecule has 28 heavy (non-hydrogen) atoms. The molecule has 0 bridgehead atoms. The van der Waals surface area contributed by atoms with Gasteiger partial charge >= 0.3 is 5.97 Å². The SMILES string of the molecule is O=C(O)c1ccc(S(=O)(=O)Nc2ccccc2C(=O)NCC2CCCO2)cc1. The highest BCUT2D eigenvalue weighted by atomic mass is 32.2. The quantitative estimate of drug-likeness (QED) is 0.650. The Balaban J connectivity index is 1.76.